The molecular weight excluding hydrogens is 292 g/mol. The quantitative estimate of drug-likeness (QED) is 0.849. The second-order valence-electron chi connectivity index (χ2n) is 5.17. The molecule has 1 fully saturated rings. The molecule has 116 valence electrons. The Morgan fingerprint density at radius 2 is 2.10 bits per heavy atom. The number of aryl methyl sites for hydroxylation is 1. The van der Waals surface area contributed by atoms with E-state index in [2.05, 4.69) is 0 Å². The third-order valence-electron chi connectivity index (χ3n) is 3.46. The van der Waals surface area contributed by atoms with Gasteiger partial charge in [0.05, 0.1) is 4.90 Å². The van der Waals surface area contributed by atoms with Crippen molar-refractivity contribution in [3.63, 3.8) is 0 Å². The molecule has 1 aliphatic carbocycles. The summed E-state index contributed by atoms with van der Waals surface area (Å²) < 4.78 is 28.1. The summed E-state index contributed by atoms with van der Waals surface area (Å²) in [5.41, 5.74) is 0.497. The maximum Gasteiger partial charge on any atom is 0.260 e. The predicted molar refractivity (Wildman–Crippen MR) is 78.5 cm³/mol. The van der Waals surface area contributed by atoms with Crippen molar-refractivity contribution in [1.82, 2.24) is 4.90 Å². The first-order valence-corrected chi connectivity index (χ1v) is 8.43. The molecule has 1 amide bonds. The highest BCUT2D eigenvalue weighted by atomic mass is 32.2. The monoisotopic (exact) mass is 312 g/mol. The van der Waals surface area contributed by atoms with E-state index in [4.69, 9.17) is 9.88 Å². The number of likely N-dealkylation sites (N-methyl/N-ethyl adjacent to an activating group) is 1. The Labute approximate surface area is 124 Å². The van der Waals surface area contributed by atoms with E-state index in [1.807, 2.05) is 11.8 Å². The Hall–Kier alpha value is -1.60. The summed E-state index contributed by atoms with van der Waals surface area (Å²) in [4.78, 5) is 13.9. The van der Waals surface area contributed by atoms with Crippen LogP contribution < -0.4 is 9.88 Å². The number of hydrogen-bond donors (Lipinski definition) is 1. The molecule has 0 unspecified atom stereocenters. The van der Waals surface area contributed by atoms with Crippen LogP contribution in [0.25, 0.3) is 0 Å². The molecule has 2 rings (SSSR count). The van der Waals surface area contributed by atoms with Crippen molar-refractivity contribution in [3.8, 4) is 5.75 Å². The molecule has 7 heteroatoms. The van der Waals surface area contributed by atoms with Gasteiger partial charge in [0.15, 0.2) is 6.61 Å². The van der Waals surface area contributed by atoms with Crippen LogP contribution in [-0.2, 0) is 14.8 Å². The zero-order valence-electron chi connectivity index (χ0n) is 12.2. The Morgan fingerprint density at radius 1 is 1.43 bits per heavy atom. The molecule has 0 bridgehead atoms. The molecular formula is C14H20N2O4S. The molecule has 21 heavy (non-hydrogen) atoms. The van der Waals surface area contributed by atoms with Gasteiger partial charge in [-0.3, -0.25) is 4.79 Å². The highest BCUT2D eigenvalue weighted by Gasteiger charge is 2.31. The SMILES string of the molecule is CCN(C(=O)COc1ccc(S(N)(=O)=O)c(C)c1)C1CC1. The fourth-order valence-corrected chi connectivity index (χ4v) is 3.05. The van der Waals surface area contributed by atoms with Crippen LogP contribution in [0.1, 0.15) is 25.3 Å². The van der Waals surface area contributed by atoms with Crippen LogP contribution in [0.2, 0.25) is 0 Å². The molecule has 6 nitrogen and oxygen atoms in total. The molecule has 0 aliphatic heterocycles. The lowest BCUT2D eigenvalue weighted by Crippen LogP contribution is -2.36. The van der Waals surface area contributed by atoms with Gasteiger partial charge < -0.3 is 9.64 Å². The minimum absolute atomic E-state index is 0.0432. The third-order valence-corrected chi connectivity index (χ3v) is 4.54. The molecule has 0 aromatic heterocycles. The molecule has 2 N–H and O–H groups in total. The van der Waals surface area contributed by atoms with Crippen LogP contribution in [0.4, 0.5) is 0 Å². The van der Waals surface area contributed by atoms with Crippen molar-refractivity contribution in [3.05, 3.63) is 23.8 Å². The van der Waals surface area contributed by atoms with Gasteiger partial charge in [0.1, 0.15) is 5.75 Å². The topological polar surface area (TPSA) is 89.7 Å². The molecule has 0 atom stereocenters. The second-order valence-corrected chi connectivity index (χ2v) is 6.70. The van der Waals surface area contributed by atoms with E-state index in [0.717, 1.165) is 12.8 Å². The first-order chi connectivity index (χ1) is 9.82. The lowest BCUT2D eigenvalue weighted by molar-refractivity contribution is -0.133. The van der Waals surface area contributed by atoms with Crippen LogP contribution in [-0.4, -0.2) is 38.4 Å². The van der Waals surface area contributed by atoms with Crippen LogP contribution in [0.5, 0.6) is 5.75 Å². The van der Waals surface area contributed by atoms with Gasteiger partial charge in [0.25, 0.3) is 5.91 Å². The number of primary sulfonamides is 1. The highest BCUT2D eigenvalue weighted by Crippen LogP contribution is 2.27. The first-order valence-electron chi connectivity index (χ1n) is 6.88. The second kappa shape index (κ2) is 6.03. The van der Waals surface area contributed by atoms with Crippen molar-refractivity contribution in [2.45, 2.75) is 37.6 Å². The van der Waals surface area contributed by atoms with E-state index < -0.39 is 10.0 Å². The van der Waals surface area contributed by atoms with Gasteiger partial charge in [0.2, 0.25) is 10.0 Å². The molecule has 0 heterocycles. The first kappa shape index (κ1) is 15.8. The number of sulfonamides is 1. The van der Waals surface area contributed by atoms with E-state index in [-0.39, 0.29) is 17.4 Å². The van der Waals surface area contributed by atoms with Crippen molar-refractivity contribution in [1.29, 1.82) is 0 Å². The summed E-state index contributed by atoms with van der Waals surface area (Å²) in [5.74, 6) is 0.410. The van der Waals surface area contributed by atoms with Crippen molar-refractivity contribution in [2.75, 3.05) is 13.2 Å². The van der Waals surface area contributed by atoms with Gasteiger partial charge in [-0.25, -0.2) is 13.6 Å². The molecule has 1 aliphatic rings. The normalized spacial score (nSPS) is 14.8. The standard InChI is InChI=1S/C14H20N2O4S/c1-3-16(11-4-5-11)14(17)9-20-12-6-7-13(10(2)8-12)21(15,18)19/h6-8,11H,3-5,9H2,1-2H3,(H2,15,18,19). The summed E-state index contributed by atoms with van der Waals surface area (Å²) in [6.45, 7) is 4.22. The minimum atomic E-state index is -3.73. The van der Waals surface area contributed by atoms with Crippen LogP contribution in [0.15, 0.2) is 23.1 Å². The summed E-state index contributed by atoms with van der Waals surface area (Å²) in [7, 11) is -3.73. The predicted octanol–water partition coefficient (Wildman–Crippen LogP) is 1.03. The van der Waals surface area contributed by atoms with Crippen molar-refractivity contribution < 1.29 is 17.9 Å². The summed E-state index contributed by atoms with van der Waals surface area (Å²) in [5, 5.41) is 5.10. The van der Waals surface area contributed by atoms with Gasteiger partial charge in [-0.1, -0.05) is 0 Å². The Bertz CT molecular complexity index is 638. The number of nitrogens with zero attached hydrogens (tertiary/aromatic N) is 1. The van der Waals surface area contributed by atoms with Crippen LogP contribution >= 0.6 is 0 Å². The zero-order valence-corrected chi connectivity index (χ0v) is 13.0. The molecule has 1 saturated carbocycles. The molecule has 0 radical (unpaired) electrons. The van der Waals surface area contributed by atoms with E-state index in [0.29, 0.717) is 23.9 Å². The fourth-order valence-electron chi connectivity index (χ4n) is 2.28. The summed E-state index contributed by atoms with van der Waals surface area (Å²) in [6, 6.07) is 4.83. The van der Waals surface area contributed by atoms with Crippen LogP contribution in [0.3, 0.4) is 0 Å². The lowest BCUT2D eigenvalue weighted by Gasteiger charge is -2.20. The van der Waals surface area contributed by atoms with Gasteiger partial charge in [-0.15, -0.1) is 0 Å². The average Bonchev–Trinajstić information content (AvgIpc) is 3.20. The third kappa shape index (κ3) is 3.95. The van der Waals surface area contributed by atoms with E-state index in [1.54, 1.807) is 13.0 Å². The Morgan fingerprint density at radius 3 is 2.57 bits per heavy atom. The number of hydrogen-bond acceptors (Lipinski definition) is 4. The summed E-state index contributed by atoms with van der Waals surface area (Å²) in [6.07, 6.45) is 2.11. The van der Waals surface area contributed by atoms with Crippen molar-refractivity contribution in [2.24, 2.45) is 5.14 Å². The molecule has 0 saturated heterocycles. The maximum atomic E-state index is 12.0. The number of benzene rings is 1. The van der Waals surface area contributed by atoms with Gasteiger partial charge in [-0.2, -0.15) is 0 Å². The maximum absolute atomic E-state index is 12.0. The van der Waals surface area contributed by atoms with E-state index in [1.165, 1.54) is 12.1 Å². The van der Waals surface area contributed by atoms with Crippen LogP contribution in [0, 0.1) is 6.92 Å². The number of amides is 1. The van der Waals surface area contributed by atoms with Gasteiger partial charge >= 0.3 is 0 Å². The Balaban J connectivity index is 2.00. The lowest BCUT2D eigenvalue weighted by atomic mass is 10.2. The number of rotatable bonds is 6. The number of carbonyl (C=O) groups excluding carboxylic acids is 1. The fraction of sp³-hybridized carbons (Fsp3) is 0.500. The van der Waals surface area contributed by atoms with E-state index in [9.17, 15) is 13.2 Å². The molecule has 1 aromatic carbocycles. The highest BCUT2D eigenvalue weighted by molar-refractivity contribution is 7.89. The number of carbonyl (C=O) groups is 1. The number of ether oxygens (including phenoxy) is 1. The van der Waals surface area contributed by atoms with E-state index >= 15 is 0 Å². The summed E-state index contributed by atoms with van der Waals surface area (Å²) >= 11 is 0. The van der Waals surface area contributed by atoms with Gasteiger partial charge in [-0.05, 0) is 50.5 Å². The zero-order chi connectivity index (χ0) is 15.6. The Kier molecular flexibility index (Phi) is 4.53. The smallest absolute Gasteiger partial charge is 0.260 e. The van der Waals surface area contributed by atoms with Crippen molar-refractivity contribution >= 4 is 15.9 Å². The molecule has 1 aromatic rings. The van der Waals surface area contributed by atoms with Gasteiger partial charge in [0, 0.05) is 12.6 Å². The largest absolute Gasteiger partial charge is 0.484 e. The number of nitrogens with two attached hydrogens (primary N) is 1. The molecule has 0 spiro atoms. The average molecular weight is 312 g/mol. The minimum Gasteiger partial charge on any atom is -0.484 e.